The molecule has 0 saturated heterocycles. The highest BCUT2D eigenvalue weighted by atomic mass is 19.4. The predicted molar refractivity (Wildman–Crippen MR) is 51.7 cm³/mol. The van der Waals surface area contributed by atoms with E-state index in [4.69, 9.17) is 0 Å². The number of rotatable bonds is 2. The normalized spacial score (nSPS) is 15.1. The van der Waals surface area contributed by atoms with E-state index in [-0.39, 0.29) is 0 Å². The van der Waals surface area contributed by atoms with Gasteiger partial charge in [-0.3, -0.25) is 0 Å². The second kappa shape index (κ2) is 6.23. The summed E-state index contributed by atoms with van der Waals surface area (Å²) in [6, 6.07) is 0. The molecule has 1 rings (SSSR count). The number of hydrogen-bond acceptors (Lipinski definition) is 2. The van der Waals surface area contributed by atoms with E-state index in [1.54, 1.807) is 0 Å². The quantitative estimate of drug-likeness (QED) is 0.567. The smallest absolute Gasteiger partial charge is 0.216 e. The summed E-state index contributed by atoms with van der Waals surface area (Å²) < 4.78 is 203. The van der Waals surface area contributed by atoms with Crippen LogP contribution in [0, 0.1) is 11.9 Å². The molecule has 28 heavy (non-hydrogen) atoms. The van der Waals surface area contributed by atoms with Crippen molar-refractivity contribution in [2.24, 2.45) is 0 Å². The number of hydrogen-bond donors (Lipinski definition) is 0. The summed E-state index contributed by atoms with van der Waals surface area (Å²) >= 11 is 0. The van der Waals surface area contributed by atoms with E-state index >= 15 is 0 Å². The van der Waals surface area contributed by atoms with Gasteiger partial charge in [-0.05, 0) is 0 Å². The van der Waals surface area contributed by atoms with Crippen molar-refractivity contribution in [3.8, 4) is 0 Å². The summed E-state index contributed by atoms with van der Waals surface area (Å²) in [6.07, 6.45) is -28.7. The van der Waals surface area contributed by atoms with E-state index in [2.05, 4.69) is 0 Å². The Morgan fingerprint density at radius 2 is 0.571 bits per heavy atom. The van der Waals surface area contributed by atoms with Gasteiger partial charge in [0.15, 0.2) is 11.4 Å². The van der Waals surface area contributed by atoms with Crippen LogP contribution in [0.5, 0.6) is 0 Å². The summed E-state index contributed by atoms with van der Waals surface area (Å²) in [6.45, 7) is 0. The maximum atomic E-state index is 13.6. The molecule has 0 radical (unpaired) electrons. The maximum Gasteiger partial charge on any atom is 0.437 e. The van der Waals surface area contributed by atoms with Crippen molar-refractivity contribution < 1.29 is 70.2 Å². The lowest BCUT2D eigenvalue weighted by Crippen LogP contribution is -2.54. The first kappa shape index (κ1) is 24.0. The molecule has 0 bridgehead atoms. The Morgan fingerprint density at radius 3 is 0.714 bits per heavy atom. The molecular weight excluding hydrogens is 452 g/mol. The second-order valence-corrected chi connectivity index (χ2v) is 4.81. The summed E-state index contributed by atoms with van der Waals surface area (Å²) in [5.41, 5.74) is -21.2. The minimum absolute atomic E-state index is 1.21. The van der Waals surface area contributed by atoms with Crippen molar-refractivity contribution in [3.05, 3.63) is 23.3 Å². The molecule has 1 heterocycles. The van der Waals surface area contributed by atoms with E-state index in [0.717, 1.165) is 0 Å². The minimum Gasteiger partial charge on any atom is -0.216 e. The molecule has 18 heteroatoms. The van der Waals surface area contributed by atoms with Crippen molar-refractivity contribution in [2.45, 2.75) is 36.0 Å². The monoisotopic (exact) mass is 452 g/mol. The van der Waals surface area contributed by atoms with Gasteiger partial charge in [0.1, 0.15) is 0 Å². The van der Waals surface area contributed by atoms with Gasteiger partial charge in [-0.2, -0.15) is 61.5 Å². The molecule has 0 unspecified atom stereocenters. The average molecular weight is 452 g/mol. The number of halogens is 16. The topological polar surface area (TPSA) is 25.8 Å². The molecule has 1 aromatic rings. The molecule has 1 aromatic heterocycles. The summed E-state index contributed by atoms with van der Waals surface area (Å²) in [5.74, 6) is -7.44. The number of aromatic nitrogens is 2. The van der Waals surface area contributed by atoms with Gasteiger partial charge in [-0.15, -0.1) is 0 Å². The average Bonchev–Trinajstić information content (AvgIpc) is 2.42. The zero-order chi connectivity index (χ0) is 22.7. The van der Waals surface area contributed by atoms with Crippen molar-refractivity contribution >= 4 is 0 Å². The molecule has 0 aliphatic rings. The van der Waals surface area contributed by atoms with Crippen LogP contribution in [-0.2, 0) is 11.3 Å². The van der Waals surface area contributed by atoms with Gasteiger partial charge in [0.05, 0.1) is 0 Å². The van der Waals surface area contributed by atoms with Crippen LogP contribution < -0.4 is 0 Å². The maximum absolute atomic E-state index is 13.6. The van der Waals surface area contributed by atoms with Crippen LogP contribution >= 0.6 is 0 Å². The highest BCUT2D eigenvalue weighted by Crippen LogP contribution is 2.55. The Morgan fingerprint density at radius 1 is 0.393 bits per heavy atom. The molecule has 0 N–H and O–H groups in total. The zero-order valence-electron chi connectivity index (χ0n) is 11.9. The molecule has 0 aliphatic carbocycles. The van der Waals surface area contributed by atoms with Crippen molar-refractivity contribution in [1.29, 1.82) is 0 Å². The van der Waals surface area contributed by atoms with Gasteiger partial charge in [0.25, 0.3) is 0 Å². The highest BCUT2D eigenvalue weighted by molar-refractivity contribution is 5.24. The van der Waals surface area contributed by atoms with Crippen LogP contribution in [-0.4, -0.2) is 34.7 Å². The first-order chi connectivity index (χ1) is 12.0. The summed E-state index contributed by atoms with van der Waals surface area (Å²) in [4.78, 5) is 2.42. The van der Waals surface area contributed by atoms with Crippen LogP contribution in [0.25, 0.3) is 0 Å². The van der Waals surface area contributed by atoms with E-state index in [0.29, 0.717) is 0 Å². The third-order valence-corrected chi connectivity index (χ3v) is 3.03. The lowest BCUT2D eigenvalue weighted by atomic mass is 9.97. The SMILES string of the molecule is Fc1nc(C(F)(C(F)(F)F)C(F)(F)F)c(F)nc1C(F)(C(F)(F)F)C(F)(F)F. The molecule has 2 nitrogen and oxygen atoms in total. The molecule has 0 aromatic carbocycles. The van der Waals surface area contributed by atoms with Gasteiger partial charge < -0.3 is 0 Å². The van der Waals surface area contributed by atoms with Gasteiger partial charge in [0, 0.05) is 0 Å². The fourth-order valence-electron chi connectivity index (χ4n) is 1.69. The third-order valence-electron chi connectivity index (χ3n) is 3.03. The van der Waals surface area contributed by atoms with Gasteiger partial charge >= 0.3 is 36.0 Å². The Hall–Kier alpha value is -2.04. The number of alkyl halides is 14. The molecule has 0 spiro atoms. The van der Waals surface area contributed by atoms with Crippen LogP contribution in [0.4, 0.5) is 70.2 Å². The van der Waals surface area contributed by atoms with Gasteiger partial charge in [-0.1, -0.05) is 0 Å². The van der Waals surface area contributed by atoms with Crippen LogP contribution in [0.3, 0.4) is 0 Å². The highest BCUT2D eigenvalue weighted by Gasteiger charge is 2.78. The summed E-state index contributed by atoms with van der Waals surface area (Å²) in [5, 5.41) is 0. The second-order valence-electron chi connectivity index (χ2n) is 4.81. The molecule has 0 saturated carbocycles. The Balaban J connectivity index is 3.94. The van der Waals surface area contributed by atoms with Crippen LogP contribution in [0.1, 0.15) is 11.4 Å². The van der Waals surface area contributed by atoms with Gasteiger partial charge in [0.2, 0.25) is 11.9 Å². The van der Waals surface area contributed by atoms with E-state index < -0.39 is 59.3 Å². The summed E-state index contributed by atoms with van der Waals surface area (Å²) in [7, 11) is 0. The lowest BCUT2D eigenvalue weighted by Gasteiger charge is -2.31. The fraction of sp³-hybridized carbons (Fsp3) is 0.600. The van der Waals surface area contributed by atoms with Crippen molar-refractivity contribution in [2.75, 3.05) is 0 Å². The van der Waals surface area contributed by atoms with Crippen LogP contribution in [0.15, 0.2) is 0 Å². The molecule has 0 aliphatic heterocycles. The van der Waals surface area contributed by atoms with Crippen molar-refractivity contribution in [1.82, 2.24) is 9.97 Å². The Kier molecular flexibility index (Phi) is 5.34. The molecule has 0 fully saturated rings. The zero-order valence-corrected chi connectivity index (χ0v) is 11.9. The molecule has 0 atom stereocenters. The van der Waals surface area contributed by atoms with E-state index in [9.17, 15) is 70.2 Å². The Labute approximate surface area is 141 Å². The third kappa shape index (κ3) is 3.29. The lowest BCUT2D eigenvalue weighted by molar-refractivity contribution is -0.354. The van der Waals surface area contributed by atoms with E-state index in [1.807, 2.05) is 0 Å². The first-order valence-electron chi connectivity index (χ1n) is 5.92. The molecular formula is C10F16N2. The van der Waals surface area contributed by atoms with E-state index in [1.165, 1.54) is 9.97 Å². The van der Waals surface area contributed by atoms with Gasteiger partial charge in [-0.25, -0.2) is 18.7 Å². The first-order valence-corrected chi connectivity index (χ1v) is 5.92. The largest absolute Gasteiger partial charge is 0.437 e. The van der Waals surface area contributed by atoms with Crippen molar-refractivity contribution in [3.63, 3.8) is 0 Å². The molecule has 0 amide bonds. The minimum atomic E-state index is -7.17. The molecule has 162 valence electrons. The Bertz CT molecular complexity index is 646. The predicted octanol–water partition coefficient (Wildman–Crippen LogP) is 5.33. The number of nitrogens with zero attached hydrogens (tertiary/aromatic N) is 2. The van der Waals surface area contributed by atoms with Crippen LogP contribution in [0.2, 0.25) is 0 Å². The fourth-order valence-corrected chi connectivity index (χ4v) is 1.69. The standard InChI is InChI=1S/C10F16N2/c11-3-1(5(13,7(15,16)17)8(18,19)20)27-4(12)2(28-3)6(14,9(21,22)23)10(24,25)26.